The van der Waals surface area contributed by atoms with Crippen LogP contribution in [0.4, 0.5) is 0 Å². The zero-order chi connectivity index (χ0) is 16.3. The molecule has 1 unspecified atom stereocenters. The molecule has 1 aromatic carbocycles. The third kappa shape index (κ3) is 3.35. The van der Waals surface area contributed by atoms with E-state index in [1.165, 1.54) is 0 Å². The Morgan fingerprint density at radius 3 is 2.77 bits per heavy atom. The number of amides is 1. The monoisotopic (exact) mass is 325 g/mol. The van der Waals surface area contributed by atoms with Crippen molar-refractivity contribution >= 4 is 23.5 Å². The summed E-state index contributed by atoms with van der Waals surface area (Å²) < 4.78 is 5.60. The van der Waals surface area contributed by atoms with Crippen molar-refractivity contribution in [1.82, 2.24) is 4.90 Å². The van der Waals surface area contributed by atoms with E-state index in [2.05, 4.69) is 0 Å². The van der Waals surface area contributed by atoms with Gasteiger partial charge in [-0.25, -0.2) is 0 Å². The Morgan fingerprint density at radius 2 is 2.18 bits per heavy atom. The lowest BCUT2D eigenvalue weighted by atomic mass is 9.90. The number of benzene rings is 1. The maximum absolute atomic E-state index is 12.7. The highest BCUT2D eigenvalue weighted by Gasteiger charge is 2.42. The molecule has 1 fully saturated rings. The van der Waals surface area contributed by atoms with Crippen LogP contribution < -0.4 is 4.74 Å². The zero-order valence-electron chi connectivity index (χ0n) is 12.8. The maximum Gasteiger partial charge on any atom is 0.311 e. The molecule has 1 heterocycles. The average molecular weight is 326 g/mol. The fourth-order valence-electron chi connectivity index (χ4n) is 2.49. The lowest BCUT2D eigenvalue weighted by Crippen LogP contribution is -2.35. The molecular weight excluding hydrogens is 306 g/mol. The Bertz CT molecular complexity index is 590. The lowest BCUT2D eigenvalue weighted by Gasteiger charge is -2.21. The van der Waals surface area contributed by atoms with Gasteiger partial charge in [0.05, 0.1) is 17.6 Å². The summed E-state index contributed by atoms with van der Waals surface area (Å²) in [7, 11) is 0. The topological polar surface area (TPSA) is 66.8 Å². The van der Waals surface area contributed by atoms with E-state index in [1.54, 1.807) is 30.0 Å². The molecule has 2 rings (SSSR count). The predicted octanol–water partition coefficient (Wildman–Crippen LogP) is 3.07. The van der Waals surface area contributed by atoms with Gasteiger partial charge in [0.15, 0.2) is 0 Å². The van der Waals surface area contributed by atoms with Crippen LogP contribution in [0.2, 0.25) is 5.02 Å². The van der Waals surface area contributed by atoms with Crippen LogP contribution in [0.3, 0.4) is 0 Å². The second kappa shape index (κ2) is 6.57. The SMILES string of the molecule is CCCOc1ccc(Cl)cc1C(=O)N1CCC(C)(C(=O)O)C1. The molecule has 1 aliphatic rings. The number of hydrogen-bond donors (Lipinski definition) is 1. The molecule has 120 valence electrons. The molecule has 1 N–H and O–H groups in total. The number of halogens is 1. The largest absolute Gasteiger partial charge is 0.493 e. The highest BCUT2D eigenvalue weighted by atomic mass is 35.5. The highest BCUT2D eigenvalue weighted by Crippen LogP contribution is 2.33. The molecule has 0 radical (unpaired) electrons. The lowest BCUT2D eigenvalue weighted by molar-refractivity contribution is -0.147. The summed E-state index contributed by atoms with van der Waals surface area (Å²) in [5.74, 6) is -0.630. The first-order chi connectivity index (χ1) is 10.4. The number of carbonyl (C=O) groups is 2. The molecule has 5 nitrogen and oxygen atoms in total. The van der Waals surface area contributed by atoms with Gasteiger partial charge in [-0.1, -0.05) is 18.5 Å². The summed E-state index contributed by atoms with van der Waals surface area (Å²) in [5, 5.41) is 9.72. The molecule has 0 bridgehead atoms. The maximum atomic E-state index is 12.7. The van der Waals surface area contributed by atoms with E-state index >= 15 is 0 Å². The Hall–Kier alpha value is -1.75. The standard InChI is InChI=1S/C16H20ClNO4/c1-3-8-22-13-5-4-11(17)9-12(13)14(19)18-7-6-16(2,10-18)15(20)21/h4-5,9H,3,6-8,10H2,1-2H3,(H,20,21). The van der Waals surface area contributed by atoms with E-state index in [-0.39, 0.29) is 12.5 Å². The number of carbonyl (C=O) groups excluding carboxylic acids is 1. The van der Waals surface area contributed by atoms with E-state index in [1.807, 2.05) is 6.92 Å². The molecular formula is C16H20ClNO4. The fraction of sp³-hybridized carbons (Fsp3) is 0.500. The first-order valence-electron chi connectivity index (χ1n) is 7.32. The molecule has 1 saturated heterocycles. The molecule has 0 aromatic heterocycles. The summed E-state index contributed by atoms with van der Waals surface area (Å²) in [6.45, 7) is 4.77. The summed E-state index contributed by atoms with van der Waals surface area (Å²) >= 11 is 5.99. The fourth-order valence-corrected chi connectivity index (χ4v) is 2.66. The Balaban J connectivity index is 2.23. The van der Waals surface area contributed by atoms with Gasteiger partial charge < -0.3 is 14.7 Å². The minimum absolute atomic E-state index is 0.195. The molecule has 1 aromatic rings. The van der Waals surface area contributed by atoms with Crippen LogP contribution in [0.25, 0.3) is 0 Å². The molecule has 1 aliphatic heterocycles. The quantitative estimate of drug-likeness (QED) is 0.903. The van der Waals surface area contributed by atoms with Crippen LogP contribution in [0.5, 0.6) is 5.75 Å². The van der Waals surface area contributed by atoms with Crippen LogP contribution in [0.1, 0.15) is 37.0 Å². The third-order valence-corrected chi connectivity index (χ3v) is 4.15. The highest BCUT2D eigenvalue weighted by molar-refractivity contribution is 6.31. The van der Waals surface area contributed by atoms with Crippen molar-refractivity contribution in [2.45, 2.75) is 26.7 Å². The minimum Gasteiger partial charge on any atom is -0.493 e. The molecule has 0 saturated carbocycles. The number of nitrogens with zero attached hydrogens (tertiary/aromatic N) is 1. The Kier molecular flexibility index (Phi) is 4.96. The number of hydrogen-bond acceptors (Lipinski definition) is 3. The molecule has 0 aliphatic carbocycles. The first kappa shape index (κ1) is 16.6. The summed E-state index contributed by atoms with van der Waals surface area (Å²) in [4.78, 5) is 25.5. The number of carboxylic acids is 1. The van der Waals surface area contributed by atoms with Crippen LogP contribution in [-0.4, -0.2) is 41.6 Å². The summed E-state index contributed by atoms with van der Waals surface area (Å²) in [6.07, 6.45) is 1.27. The minimum atomic E-state index is -0.890. The summed E-state index contributed by atoms with van der Waals surface area (Å²) in [6, 6.07) is 4.93. The zero-order valence-corrected chi connectivity index (χ0v) is 13.5. The van der Waals surface area contributed by atoms with Gasteiger partial charge in [-0.2, -0.15) is 0 Å². The van der Waals surface area contributed by atoms with Gasteiger partial charge in [0.25, 0.3) is 5.91 Å². The molecule has 0 spiro atoms. The normalized spacial score (nSPS) is 21.0. The van der Waals surface area contributed by atoms with E-state index in [4.69, 9.17) is 16.3 Å². The van der Waals surface area contributed by atoms with E-state index < -0.39 is 11.4 Å². The van der Waals surface area contributed by atoms with Crippen molar-refractivity contribution < 1.29 is 19.4 Å². The molecule has 1 atom stereocenters. The predicted molar refractivity (Wildman–Crippen MR) is 83.5 cm³/mol. The molecule has 22 heavy (non-hydrogen) atoms. The number of ether oxygens (including phenoxy) is 1. The van der Waals surface area contributed by atoms with Gasteiger partial charge in [0, 0.05) is 18.1 Å². The Labute approximate surface area is 134 Å². The van der Waals surface area contributed by atoms with Gasteiger partial charge in [0.1, 0.15) is 5.75 Å². The number of aliphatic carboxylic acids is 1. The van der Waals surface area contributed by atoms with Gasteiger partial charge >= 0.3 is 5.97 Å². The van der Waals surface area contributed by atoms with Crippen molar-refractivity contribution in [2.75, 3.05) is 19.7 Å². The first-order valence-corrected chi connectivity index (χ1v) is 7.70. The summed E-state index contributed by atoms with van der Waals surface area (Å²) in [5.41, 5.74) is -0.505. The number of likely N-dealkylation sites (tertiary alicyclic amines) is 1. The van der Waals surface area contributed by atoms with Crippen molar-refractivity contribution in [3.05, 3.63) is 28.8 Å². The molecule has 1 amide bonds. The van der Waals surface area contributed by atoms with Gasteiger partial charge in [-0.3, -0.25) is 9.59 Å². The van der Waals surface area contributed by atoms with Crippen LogP contribution >= 0.6 is 11.6 Å². The van der Waals surface area contributed by atoms with Gasteiger partial charge in [-0.05, 0) is 38.0 Å². The molecule has 6 heteroatoms. The van der Waals surface area contributed by atoms with Gasteiger partial charge in [-0.15, -0.1) is 0 Å². The number of carboxylic acid groups (broad SMARTS) is 1. The van der Waals surface area contributed by atoms with Crippen LogP contribution in [0.15, 0.2) is 18.2 Å². The van der Waals surface area contributed by atoms with E-state index in [0.717, 1.165) is 6.42 Å². The van der Waals surface area contributed by atoms with Crippen LogP contribution in [-0.2, 0) is 4.79 Å². The smallest absolute Gasteiger partial charge is 0.311 e. The van der Waals surface area contributed by atoms with Gasteiger partial charge in [0.2, 0.25) is 0 Å². The Morgan fingerprint density at radius 1 is 1.45 bits per heavy atom. The average Bonchev–Trinajstić information content (AvgIpc) is 2.89. The van der Waals surface area contributed by atoms with Crippen molar-refractivity contribution in [3.8, 4) is 5.75 Å². The van der Waals surface area contributed by atoms with Crippen LogP contribution in [0, 0.1) is 5.41 Å². The van der Waals surface area contributed by atoms with Crippen molar-refractivity contribution in [3.63, 3.8) is 0 Å². The second-order valence-electron chi connectivity index (χ2n) is 5.83. The van der Waals surface area contributed by atoms with Crippen molar-refractivity contribution in [1.29, 1.82) is 0 Å². The second-order valence-corrected chi connectivity index (χ2v) is 6.27. The van der Waals surface area contributed by atoms with E-state index in [0.29, 0.717) is 35.9 Å². The number of rotatable bonds is 5. The van der Waals surface area contributed by atoms with E-state index in [9.17, 15) is 14.7 Å². The van der Waals surface area contributed by atoms with Crippen molar-refractivity contribution in [2.24, 2.45) is 5.41 Å². The third-order valence-electron chi connectivity index (χ3n) is 3.91.